The average molecular weight is 458 g/mol. The van der Waals surface area contributed by atoms with E-state index in [2.05, 4.69) is 13.0 Å². The molecule has 1 heterocycles. The van der Waals surface area contributed by atoms with Gasteiger partial charge in [-0.1, -0.05) is 93.8 Å². The molecule has 0 bridgehead atoms. The molecule has 0 radical (unpaired) electrons. The molecule has 176 valence electrons. The van der Waals surface area contributed by atoms with Crippen molar-refractivity contribution in [3.8, 4) is 28.5 Å². The fraction of sp³-hybridized carbons (Fsp3) is 0.357. The Morgan fingerprint density at radius 1 is 1.03 bits per heavy atom. The van der Waals surface area contributed by atoms with Crippen LogP contribution in [0, 0.1) is 11.3 Å². The molecular formula is C28H31N3O3. The fourth-order valence-corrected chi connectivity index (χ4v) is 4.08. The Kier molecular flexibility index (Phi) is 8.75. The van der Waals surface area contributed by atoms with Crippen LogP contribution < -0.4 is 5.56 Å². The van der Waals surface area contributed by atoms with Crippen LogP contribution in [0.3, 0.4) is 0 Å². The molecule has 0 aliphatic heterocycles. The molecule has 6 heteroatoms. The van der Waals surface area contributed by atoms with Crippen molar-refractivity contribution in [3.05, 3.63) is 76.6 Å². The molecule has 2 unspecified atom stereocenters. The van der Waals surface area contributed by atoms with Gasteiger partial charge < -0.3 is 4.74 Å². The van der Waals surface area contributed by atoms with Crippen LogP contribution in [0.15, 0.2) is 65.5 Å². The first kappa shape index (κ1) is 24.9. The first-order valence-electron chi connectivity index (χ1n) is 11.9. The molecule has 2 atom stereocenters. The Hall–Kier alpha value is -3.72. The number of benzene rings is 2. The summed E-state index contributed by atoms with van der Waals surface area (Å²) < 4.78 is 6.99. The molecule has 6 nitrogen and oxygen atoms in total. The van der Waals surface area contributed by atoms with Crippen LogP contribution in [0.25, 0.3) is 22.4 Å². The third-order valence-corrected chi connectivity index (χ3v) is 5.90. The molecule has 0 fully saturated rings. The minimum Gasteiger partial charge on any atom is -0.460 e. The number of hydrogen-bond donors (Lipinski definition) is 0. The van der Waals surface area contributed by atoms with Crippen molar-refractivity contribution < 1.29 is 9.53 Å². The van der Waals surface area contributed by atoms with Gasteiger partial charge >= 0.3 is 5.97 Å². The van der Waals surface area contributed by atoms with Gasteiger partial charge in [0.05, 0.1) is 6.04 Å². The van der Waals surface area contributed by atoms with Crippen LogP contribution in [0.1, 0.15) is 64.5 Å². The van der Waals surface area contributed by atoms with Gasteiger partial charge in [0.15, 0.2) is 0 Å². The van der Waals surface area contributed by atoms with Crippen molar-refractivity contribution in [1.29, 1.82) is 5.26 Å². The van der Waals surface area contributed by atoms with Crippen LogP contribution in [0.2, 0.25) is 0 Å². The van der Waals surface area contributed by atoms with Gasteiger partial charge in [0.1, 0.15) is 23.4 Å². The SMILES string of the molecule is CCCCCC(C(C)OC(=O)CC)n1nc(-c2ccccc2)c(-c2ccccc2)c(C#N)c1=O. The topological polar surface area (TPSA) is 85.0 Å². The van der Waals surface area contributed by atoms with Crippen molar-refractivity contribution in [2.75, 3.05) is 0 Å². The molecule has 0 spiro atoms. The first-order valence-corrected chi connectivity index (χ1v) is 11.9. The monoisotopic (exact) mass is 457 g/mol. The van der Waals surface area contributed by atoms with Crippen LogP contribution in [0.5, 0.6) is 0 Å². The number of aromatic nitrogens is 2. The van der Waals surface area contributed by atoms with Crippen molar-refractivity contribution in [1.82, 2.24) is 9.78 Å². The van der Waals surface area contributed by atoms with E-state index in [4.69, 9.17) is 9.84 Å². The predicted molar refractivity (Wildman–Crippen MR) is 133 cm³/mol. The Morgan fingerprint density at radius 3 is 2.21 bits per heavy atom. The quantitative estimate of drug-likeness (QED) is 0.279. The maximum atomic E-state index is 13.6. The minimum atomic E-state index is -0.563. The minimum absolute atomic E-state index is 0.0366. The maximum absolute atomic E-state index is 13.6. The summed E-state index contributed by atoms with van der Waals surface area (Å²) in [6.07, 6.45) is 3.16. The molecular weight excluding hydrogens is 426 g/mol. The van der Waals surface area contributed by atoms with Crippen molar-refractivity contribution in [2.45, 2.75) is 65.0 Å². The smallest absolute Gasteiger partial charge is 0.305 e. The Labute approximate surface area is 200 Å². The summed E-state index contributed by atoms with van der Waals surface area (Å²) in [6.45, 7) is 5.63. The summed E-state index contributed by atoms with van der Waals surface area (Å²) in [5.74, 6) is -0.328. The van der Waals surface area contributed by atoms with E-state index in [0.717, 1.165) is 30.4 Å². The van der Waals surface area contributed by atoms with E-state index in [9.17, 15) is 14.9 Å². The normalized spacial score (nSPS) is 12.5. The summed E-state index contributed by atoms with van der Waals surface area (Å²) in [5.41, 5.74) is 2.19. The molecule has 3 rings (SSSR count). The highest BCUT2D eigenvalue weighted by Crippen LogP contribution is 2.33. The van der Waals surface area contributed by atoms with E-state index < -0.39 is 17.7 Å². The molecule has 0 aliphatic rings. The van der Waals surface area contributed by atoms with E-state index in [1.807, 2.05) is 60.7 Å². The number of carbonyl (C=O) groups excluding carboxylic acids is 1. The van der Waals surface area contributed by atoms with Crippen molar-refractivity contribution in [3.63, 3.8) is 0 Å². The molecule has 1 aromatic heterocycles. The Morgan fingerprint density at radius 2 is 1.65 bits per heavy atom. The number of carbonyl (C=O) groups is 1. The fourth-order valence-electron chi connectivity index (χ4n) is 4.08. The van der Waals surface area contributed by atoms with Crippen LogP contribution in [0.4, 0.5) is 0 Å². The van der Waals surface area contributed by atoms with Gasteiger partial charge in [0, 0.05) is 17.5 Å². The highest BCUT2D eigenvalue weighted by atomic mass is 16.5. The predicted octanol–water partition coefficient (Wildman–Crippen LogP) is 5.91. The largest absolute Gasteiger partial charge is 0.460 e. The summed E-state index contributed by atoms with van der Waals surface area (Å²) >= 11 is 0. The number of rotatable bonds is 10. The van der Waals surface area contributed by atoms with Crippen molar-refractivity contribution in [2.24, 2.45) is 0 Å². The summed E-state index contributed by atoms with van der Waals surface area (Å²) in [7, 11) is 0. The lowest BCUT2D eigenvalue weighted by Crippen LogP contribution is -2.37. The van der Waals surface area contributed by atoms with Gasteiger partial charge in [-0.3, -0.25) is 9.59 Å². The second-order valence-electron chi connectivity index (χ2n) is 8.30. The van der Waals surface area contributed by atoms with Gasteiger partial charge in [0.2, 0.25) is 0 Å². The highest BCUT2D eigenvalue weighted by Gasteiger charge is 2.28. The zero-order valence-electron chi connectivity index (χ0n) is 20.0. The van der Waals surface area contributed by atoms with Crippen LogP contribution >= 0.6 is 0 Å². The van der Waals surface area contributed by atoms with E-state index in [-0.39, 0.29) is 18.0 Å². The second kappa shape index (κ2) is 11.9. The Balaban J connectivity index is 2.26. The maximum Gasteiger partial charge on any atom is 0.305 e. The third kappa shape index (κ3) is 5.60. The summed E-state index contributed by atoms with van der Waals surface area (Å²) in [6, 6.07) is 20.6. The number of ether oxygens (including phenoxy) is 1. The van der Waals surface area contributed by atoms with Crippen LogP contribution in [-0.4, -0.2) is 21.9 Å². The standard InChI is InChI=1S/C28H31N3O3/c1-4-6-9-18-24(20(3)34-25(32)5-2)31-28(33)23(19-29)26(21-14-10-7-11-15-21)27(30-31)22-16-12-8-13-17-22/h7-8,10-17,20,24H,4-6,9,18H2,1-3H3. The van der Waals surface area contributed by atoms with E-state index in [1.165, 1.54) is 4.68 Å². The Bertz CT molecular complexity index is 1200. The lowest BCUT2D eigenvalue weighted by atomic mass is 9.95. The lowest BCUT2D eigenvalue weighted by molar-refractivity contribution is -0.150. The summed E-state index contributed by atoms with van der Waals surface area (Å²) in [4.78, 5) is 25.7. The molecule has 34 heavy (non-hydrogen) atoms. The third-order valence-electron chi connectivity index (χ3n) is 5.90. The molecule has 0 amide bonds. The number of nitrogens with zero attached hydrogens (tertiary/aromatic N) is 3. The number of esters is 1. The van der Waals surface area contributed by atoms with Gasteiger partial charge in [-0.15, -0.1) is 0 Å². The van der Waals surface area contributed by atoms with Gasteiger partial charge in [-0.05, 0) is 18.9 Å². The molecule has 0 N–H and O–H groups in total. The summed E-state index contributed by atoms with van der Waals surface area (Å²) in [5, 5.41) is 14.9. The lowest BCUT2D eigenvalue weighted by Gasteiger charge is -2.26. The van der Waals surface area contributed by atoms with E-state index in [1.54, 1.807) is 13.8 Å². The molecule has 3 aromatic rings. The van der Waals surface area contributed by atoms with Crippen LogP contribution in [-0.2, 0) is 9.53 Å². The zero-order valence-corrected chi connectivity index (χ0v) is 20.0. The molecule has 2 aromatic carbocycles. The van der Waals surface area contributed by atoms with E-state index >= 15 is 0 Å². The first-order chi connectivity index (χ1) is 16.5. The number of hydrogen-bond acceptors (Lipinski definition) is 5. The molecule has 0 aliphatic carbocycles. The highest BCUT2D eigenvalue weighted by molar-refractivity contribution is 5.84. The molecule has 0 saturated carbocycles. The second-order valence-corrected chi connectivity index (χ2v) is 8.30. The van der Waals surface area contributed by atoms with Gasteiger partial charge in [0.25, 0.3) is 5.56 Å². The number of unbranched alkanes of at least 4 members (excludes halogenated alkanes) is 2. The number of nitriles is 1. The van der Waals surface area contributed by atoms with Gasteiger partial charge in [-0.25, -0.2) is 4.68 Å². The average Bonchev–Trinajstić information content (AvgIpc) is 2.87. The van der Waals surface area contributed by atoms with Crippen molar-refractivity contribution >= 4 is 5.97 Å². The van der Waals surface area contributed by atoms with E-state index in [0.29, 0.717) is 17.7 Å². The molecule has 0 saturated heterocycles. The van der Waals surface area contributed by atoms with Gasteiger partial charge in [-0.2, -0.15) is 10.4 Å². The zero-order chi connectivity index (χ0) is 24.5.